The van der Waals surface area contributed by atoms with Gasteiger partial charge in [-0.25, -0.2) is 9.78 Å². The Morgan fingerprint density at radius 2 is 1.71 bits per heavy atom. The largest absolute Gasteiger partial charge is 0.493 e. The number of primary amides is 1. The lowest BCUT2D eigenvalue weighted by molar-refractivity contribution is 0.0377. The van der Waals surface area contributed by atoms with Crippen LogP contribution in [0, 0.1) is 0 Å². The van der Waals surface area contributed by atoms with E-state index >= 15 is 0 Å². The number of alkyl carbamates (subject to hydrolysis) is 1. The van der Waals surface area contributed by atoms with Crippen molar-refractivity contribution in [3.63, 3.8) is 0 Å². The van der Waals surface area contributed by atoms with Crippen molar-refractivity contribution in [2.24, 2.45) is 5.73 Å². The number of aromatic nitrogens is 2. The average molecular weight is 513 g/mol. The molecule has 2 amide bonds. The highest BCUT2D eigenvalue weighted by Crippen LogP contribution is 2.43. The number of nitrogens with two attached hydrogens (primary N) is 1. The second-order valence-electron chi connectivity index (χ2n) is 10.7. The molecule has 1 aliphatic carbocycles. The first-order valence-electron chi connectivity index (χ1n) is 12.7. The van der Waals surface area contributed by atoms with Gasteiger partial charge in [-0.3, -0.25) is 9.20 Å². The summed E-state index contributed by atoms with van der Waals surface area (Å²) < 4.78 is 13.0. The zero-order valence-electron chi connectivity index (χ0n) is 22.1. The molecule has 2 heterocycles. The van der Waals surface area contributed by atoms with Gasteiger partial charge in [0.15, 0.2) is 11.4 Å². The number of fused-ring (bicyclic) bond motifs is 1. The molecule has 0 bridgehead atoms. The lowest BCUT2D eigenvalue weighted by atomic mass is 9.71. The number of carbonyl (C=O) groups excluding carboxylic acids is 2. The Kier molecular flexibility index (Phi) is 6.34. The molecule has 4 aromatic rings. The second kappa shape index (κ2) is 9.52. The molecule has 0 unspecified atom stereocenters. The molecule has 8 nitrogen and oxygen atoms in total. The van der Waals surface area contributed by atoms with Crippen molar-refractivity contribution in [1.29, 1.82) is 0 Å². The van der Waals surface area contributed by atoms with Crippen LogP contribution >= 0.6 is 0 Å². The number of pyridine rings is 1. The summed E-state index contributed by atoms with van der Waals surface area (Å²) in [4.78, 5) is 29.6. The van der Waals surface area contributed by atoms with E-state index in [9.17, 15) is 9.59 Å². The van der Waals surface area contributed by atoms with Crippen molar-refractivity contribution >= 4 is 17.6 Å². The number of benzene rings is 2. The van der Waals surface area contributed by atoms with E-state index in [2.05, 4.69) is 5.32 Å². The van der Waals surface area contributed by atoms with Gasteiger partial charge in [0.2, 0.25) is 5.91 Å². The van der Waals surface area contributed by atoms with Gasteiger partial charge in [-0.1, -0.05) is 54.6 Å². The Bertz CT molecular complexity index is 1500. The SMILES string of the molecule is COc1cc(C(N)=O)cn2c(-c3ccccc3)c(-c3ccc(C4(NC(=O)OC(C)(C)C)CCC4)cc3)nc12. The lowest BCUT2D eigenvalue weighted by Crippen LogP contribution is -2.52. The molecule has 196 valence electrons. The van der Waals surface area contributed by atoms with E-state index in [1.54, 1.807) is 19.4 Å². The van der Waals surface area contributed by atoms with E-state index in [1.165, 1.54) is 0 Å². The number of methoxy groups -OCH3 is 1. The van der Waals surface area contributed by atoms with Gasteiger partial charge in [-0.2, -0.15) is 0 Å². The van der Waals surface area contributed by atoms with Crippen molar-refractivity contribution in [3.8, 4) is 28.3 Å². The zero-order valence-corrected chi connectivity index (χ0v) is 22.1. The summed E-state index contributed by atoms with van der Waals surface area (Å²) in [5, 5.41) is 3.11. The van der Waals surface area contributed by atoms with Crippen LogP contribution in [0.25, 0.3) is 28.2 Å². The Morgan fingerprint density at radius 3 is 2.26 bits per heavy atom. The summed E-state index contributed by atoms with van der Waals surface area (Å²) in [5.41, 5.74) is 9.93. The molecular weight excluding hydrogens is 480 g/mol. The van der Waals surface area contributed by atoms with E-state index < -0.39 is 23.1 Å². The molecule has 1 fully saturated rings. The highest BCUT2D eigenvalue weighted by Gasteiger charge is 2.41. The minimum Gasteiger partial charge on any atom is -0.493 e. The van der Waals surface area contributed by atoms with Gasteiger partial charge >= 0.3 is 6.09 Å². The van der Waals surface area contributed by atoms with Gasteiger partial charge in [0.1, 0.15) is 5.60 Å². The van der Waals surface area contributed by atoms with Crippen LogP contribution in [0.2, 0.25) is 0 Å². The first-order valence-corrected chi connectivity index (χ1v) is 12.7. The predicted molar refractivity (Wildman–Crippen MR) is 146 cm³/mol. The molecular formula is C30H32N4O4. The van der Waals surface area contributed by atoms with Crippen LogP contribution in [0.1, 0.15) is 56.0 Å². The zero-order chi connectivity index (χ0) is 27.1. The van der Waals surface area contributed by atoms with Crippen molar-refractivity contribution in [2.75, 3.05) is 7.11 Å². The minimum atomic E-state index is -0.564. The van der Waals surface area contributed by atoms with Crippen LogP contribution in [-0.4, -0.2) is 34.1 Å². The number of nitrogens with one attached hydrogen (secondary N) is 1. The number of nitrogens with zero attached hydrogens (tertiary/aromatic N) is 2. The molecule has 0 spiro atoms. The Labute approximate surface area is 221 Å². The molecule has 0 saturated heterocycles. The van der Waals surface area contributed by atoms with Gasteiger partial charge in [-0.15, -0.1) is 0 Å². The van der Waals surface area contributed by atoms with E-state index in [-0.39, 0.29) is 0 Å². The molecule has 2 aromatic carbocycles. The summed E-state index contributed by atoms with van der Waals surface area (Å²) in [7, 11) is 1.54. The lowest BCUT2D eigenvalue weighted by Gasteiger charge is -2.43. The minimum absolute atomic E-state index is 0.325. The van der Waals surface area contributed by atoms with Gasteiger partial charge in [0.05, 0.1) is 29.6 Å². The molecule has 0 radical (unpaired) electrons. The third-order valence-corrected chi connectivity index (χ3v) is 6.90. The summed E-state index contributed by atoms with van der Waals surface area (Å²) >= 11 is 0. The van der Waals surface area contributed by atoms with E-state index in [0.717, 1.165) is 47.3 Å². The van der Waals surface area contributed by atoms with Crippen LogP contribution in [0.15, 0.2) is 66.9 Å². The maximum Gasteiger partial charge on any atom is 0.408 e. The van der Waals surface area contributed by atoms with Crippen molar-refractivity contribution < 1.29 is 19.1 Å². The molecule has 2 aromatic heterocycles. The Balaban J connectivity index is 1.59. The number of amides is 2. The van der Waals surface area contributed by atoms with Crippen LogP contribution < -0.4 is 15.8 Å². The first kappa shape index (κ1) is 25.3. The van der Waals surface area contributed by atoms with Crippen LogP contribution in [-0.2, 0) is 10.3 Å². The van der Waals surface area contributed by atoms with E-state index in [4.69, 9.17) is 20.2 Å². The van der Waals surface area contributed by atoms with Crippen molar-refractivity contribution in [3.05, 3.63) is 78.0 Å². The smallest absolute Gasteiger partial charge is 0.408 e. The topological polar surface area (TPSA) is 108 Å². The van der Waals surface area contributed by atoms with E-state index in [0.29, 0.717) is 17.0 Å². The average Bonchev–Trinajstić information content (AvgIpc) is 3.25. The molecule has 3 N–H and O–H groups in total. The first-order chi connectivity index (χ1) is 18.1. The fourth-order valence-electron chi connectivity index (χ4n) is 4.93. The molecule has 1 saturated carbocycles. The molecule has 38 heavy (non-hydrogen) atoms. The van der Waals surface area contributed by atoms with Crippen molar-refractivity contribution in [2.45, 2.75) is 51.2 Å². The second-order valence-corrected chi connectivity index (χ2v) is 10.7. The van der Waals surface area contributed by atoms with Crippen LogP contribution in [0.4, 0.5) is 4.79 Å². The maximum absolute atomic E-state index is 12.6. The van der Waals surface area contributed by atoms with E-state index in [1.807, 2.05) is 79.8 Å². The maximum atomic E-state index is 12.6. The monoisotopic (exact) mass is 512 g/mol. The number of hydrogen-bond acceptors (Lipinski definition) is 5. The molecule has 8 heteroatoms. The fourth-order valence-corrected chi connectivity index (χ4v) is 4.93. The van der Waals surface area contributed by atoms with Crippen LogP contribution in [0.5, 0.6) is 5.75 Å². The number of carbonyl (C=O) groups is 2. The van der Waals surface area contributed by atoms with Gasteiger partial charge < -0.3 is 20.5 Å². The fraction of sp³-hybridized carbons (Fsp3) is 0.300. The molecule has 0 aliphatic heterocycles. The number of ether oxygens (including phenoxy) is 2. The third-order valence-electron chi connectivity index (χ3n) is 6.90. The Hall–Kier alpha value is -4.33. The molecule has 1 aliphatic rings. The highest BCUT2D eigenvalue weighted by molar-refractivity contribution is 5.94. The summed E-state index contributed by atoms with van der Waals surface area (Å²) in [6.45, 7) is 5.57. The normalized spacial score (nSPS) is 14.5. The predicted octanol–water partition coefficient (Wildman–Crippen LogP) is 5.68. The quantitative estimate of drug-likeness (QED) is 0.346. The number of rotatable bonds is 6. The summed E-state index contributed by atoms with van der Waals surface area (Å²) in [6.07, 6.45) is 4.02. The number of imidazole rings is 1. The molecule has 0 atom stereocenters. The summed E-state index contributed by atoms with van der Waals surface area (Å²) in [5.74, 6) is -0.0940. The van der Waals surface area contributed by atoms with Crippen LogP contribution in [0.3, 0.4) is 0 Å². The van der Waals surface area contributed by atoms with Crippen molar-refractivity contribution in [1.82, 2.24) is 14.7 Å². The summed E-state index contributed by atoms with van der Waals surface area (Å²) in [6, 6.07) is 19.6. The van der Waals surface area contributed by atoms with Gasteiger partial charge in [-0.05, 0) is 51.7 Å². The van der Waals surface area contributed by atoms with Gasteiger partial charge in [0, 0.05) is 17.3 Å². The molecule has 5 rings (SSSR count). The number of hydrogen-bond donors (Lipinski definition) is 2. The standard InChI is InChI=1S/C30H32N4O4/c1-29(2,3)38-28(36)33-30(15-8-16-30)22-13-11-19(12-14-22)24-25(20-9-6-5-7-10-20)34-18-21(26(31)35)17-23(37-4)27(34)32-24/h5-7,9-14,17-18H,8,15-16H2,1-4H3,(H2,31,35)(H,33,36). The third kappa shape index (κ3) is 4.69. The van der Waals surface area contributed by atoms with Gasteiger partial charge in [0.25, 0.3) is 0 Å². The highest BCUT2D eigenvalue weighted by atomic mass is 16.6. The Morgan fingerprint density at radius 1 is 1.03 bits per heavy atom.